The first-order valence-corrected chi connectivity index (χ1v) is 18.7. The number of pyridine rings is 1. The summed E-state index contributed by atoms with van der Waals surface area (Å²) < 4.78 is 30.0. The molecule has 1 aliphatic heterocycles. The fraction of sp³-hybridized carbons (Fsp3) is 0.537. The summed E-state index contributed by atoms with van der Waals surface area (Å²) in [6.07, 6.45) is -7.60. The highest BCUT2D eigenvalue weighted by molar-refractivity contribution is 5.95. The Kier molecular flexibility index (Phi) is 11.0. The quantitative estimate of drug-likeness (QED) is 0.161. The third-order valence-corrected chi connectivity index (χ3v) is 12.4. The molecule has 2 heterocycles. The van der Waals surface area contributed by atoms with Gasteiger partial charge in [0.15, 0.2) is 23.6 Å². The van der Waals surface area contributed by atoms with Gasteiger partial charge >= 0.3 is 23.9 Å². The Hall–Kier alpha value is -5.03. The van der Waals surface area contributed by atoms with Crippen molar-refractivity contribution in [3.8, 4) is 0 Å². The average Bonchev–Trinajstić information content (AvgIpc) is 3.15. The molecule has 10 unspecified atom stereocenters. The molecule has 11 atom stereocenters. The molecule has 1 aromatic heterocycles. The average molecular weight is 793 g/mol. The summed E-state index contributed by atoms with van der Waals surface area (Å²) in [5.74, 6) is -6.81. The lowest BCUT2D eigenvalue weighted by Gasteiger charge is -2.67. The third kappa shape index (κ3) is 6.81. The van der Waals surface area contributed by atoms with E-state index in [9.17, 15) is 39.3 Å². The Labute approximate surface area is 328 Å². The van der Waals surface area contributed by atoms with Gasteiger partial charge in [0.25, 0.3) is 0 Å². The number of Topliss-reactive ketones (excluding diaryl/α,β-unsaturated/α-hetero) is 1. The van der Waals surface area contributed by atoms with Crippen LogP contribution < -0.4 is 5.32 Å². The summed E-state index contributed by atoms with van der Waals surface area (Å²) in [5, 5.41) is 39.5. The van der Waals surface area contributed by atoms with Crippen LogP contribution in [0.4, 0.5) is 0 Å². The number of benzene rings is 1. The summed E-state index contributed by atoms with van der Waals surface area (Å²) in [6, 6.07) is 9.50. The lowest BCUT2D eigenvalue weighted by Crippen LogP contribution is -2.82. The van der Waals surface area contributed by atoms with Crippen LogP contribution in [0.2, 0.25) is 0 Å². The van der Waals surface area contributed by atoms with Gasteiger partial charge in [0.2, 0.25) is 5.91 Å². The second kappa shape index (κ2) is 15.0. The SMILES string of the molecule is CC(=O)NC(c1ccncc1)C(O)C(=O)OC1CC2(O)C(OC(=O)c3ccccc3)C3C4(OC(C)=O)COC4CC(O)[C@@]3(C)C(=O)C(OC(C)=O)C(=C1C)C2(C)C. The topological polar surface area (TPSA) is 234 Å². The molecule has 0 radical (unpaired) electrons. The summed E-state index contributed by atoms with van der Waals surface area (Å²) in [7, 11) is 0. The Balaban J connectivity index is 1.57. The van der Waals surface area contributed by atoms with Gasteiger partial charge in [-0.2, -0.15) is 0 Å². The molecule has 57 heavy (non-hydrogen) atoms. The van der Waals surface area contributed by atoms with Gasteiger partial charge in [-0.3, -0.25) is 24.2 Å². The van der Waals surface area contributed by atoms with E-state index in [1.165, 1.54) is 57.4 Å². The van der Waals surface area contributed by atoms with Crippen molar-refractivity contribution in [1.82, 2.24) is 10.3 Å². The number of hydrogen-bond donors (Lipinski definition) is 4. The van der Waals surface area contributed by atoms with E-state index in [0.29, 0.717) is 5.56 Å². The molecular weight excluding hydrogens is 744 g/mol. The van der Waals surface area contributed by atoms with Gasteiger partial charge in [0, 0.05) is 51.4 Å². The van der Waals surface area contributed by atoms with E-state index in [2.05, 4.69) is 10.3 Å². The highest BCUT2D eigenvalue weighted by Gasteiger charge is 2.78. The van der Waals surface area contributed by atoms with Crippen molar-refractivity contribution < 1.29 is 67.8 Å². The Morgan fingerprint density at radius 2 is 1.60 bits per heavy atom. The van der Waals surface area contributed by atoms with E-state index >= 15 is 4.79 Å². The first kappa shape index (κ1) is 41.6. The van der Waals surface area contributed by atoms with Gasteiger partial charge in [-0.05, 0) is 54.8 Å². The van der Waals surface area contributed by atoms with Crippen molar-refractivity contribution in [3.63, 3.8) is 0 Å². The maximum atomic E-state index is 15.4. The molecule has 306 valence electrons. The van der Waals surface area contributed by atoms with Crippen molar-refractivity contribution in [2.45, 2.75) is 115 Å². The molecule has 1 amide bonds. The number of aromatic nitrogens is 1. The van der Waals surface area contributed by atoms with E-state index in [0.717, 1.165) is 13.8 Å². The predicted octanol–water partition coefficient (Wildman–Crippen LogP) is 1.84. The fourth-order valence-corrected chi connectivity index (χ4v) is 9.50. The van der Waals surface area contributed by atoms with Crippen LogP contribution in [-0.2, 0) is 47.7 Å². The molecule has 1 saturated heterocycles. The first-order chi connectivity index (χ1) is 26.7. The van der Waals surface area contributed by atoms with Crippen LogP contribution in [-0.4, -0.2) is 110 Å². The third-order valence-electron chi connectivity index (χ3n) is 12.4. The molecule has 6 rings (SSSR count). The van der Waals surface area contributed by atoms with Gasteiger partial charge in [0.1, 0.15) is 23.9 Å². The molecule has 2 saturated carbocycles. The Morgan fingerprint density at radius 1 is 0.947 bits per heavy atom. The summed E-state index contributed by atoms with van der Waals surface area (Å²) in [4.78, 5) is 85.4. The van der Waals surface area contributed by atoms with Crippen LogP contribution in [0.1, 0.15) is 83.3 Å². The maximum absolute atomic E-state index is 15.4. The fourth-order valence-electron chi connectivity index (χ4n) is 9.50. The number of nitrogens with zero attached hydrogens (tertiary/aromatic N) is 1. The number of rotatable bonds is 9. The van der Waals surface area contributed by atoms with Gasteiger partial charge in [-0.25, -0.2) is 9.59 Å². The van der Waals surface area contributed by atoms with E-state index in [4.69, 9.17) is 23.7 Å². The van der Waals surface area contributed by atoms with Gasteiger partial charge < -0.3 is 44.3 Å². The monoisotopic (exact) mass is 792 g/mol. The van der Waals surface area contributed by atoms with Crippen LogP contribution in [0.5, 0.6) is 0 Å². The molecule has 2 bridgehead atoms. The minimum Gasteiger partial charge on any atom is -0.456 e. The molecule has 2 aromatic rings. The van der Waals surface area contributed by atoms with Gasteiger partial charge in [0.05, 0.1) is 35.6 Å². The Bertz CT molecular complexity index is 1990. The number of ketones is 1. The number of nitrogens with one attached hydrogen (secondary N) is 1. The molecule has 16 heteroatoms. The molecule has 1 aromatic carbocycles. The zero-order valence-corrected chi connectivity index (χ0v) is 32.7. The second-order valence-corrected chi connectivity index (χ2v) is 16.1. The van der Waals surface area contributed by atoms with Crippen molar-refractivity contribution in [1.29, 1.82) is 0 Å². The molecule has 0 spiro atoms. The molecule has 4 aliphatic rings. The van der Waals surface area contributed by atoms with E-state index < -0.39 is 113 Å². The van der Waals surface area contributed by atoms with Crippen LogP contribution >= 0.6 is 0 Å². The minimum absolute atomic E-state index is 0.00237. The highest BCUT2D eigenvalue weighted by Crippen LogP contribution is 2.64. The van der Waals surface area contributed by atoms with E-state index in [1.807, 2.05) is 0 Å². The van der Waals surface area contributed by atoms with Crippen molar-refractivity contribution >= 4 is 35.6 Å². The summed E-state index contributed by atoms with van der Waals surface area (Å²) >= 11 is 0. The standard InChI is InChI=1S/C41H48N2O14/c1-20-26(55-37(51)31(48)30(43-21(2)44)24-13-15-42-16-14-24)18-41(52)35(56-36(50)25-11-9-8-10-12-25)33-39(7,27(47)17-28-40(33,19-53-28)57-23(4)46)34(49)32(54-22(3)45)29(20)38(41,5)6/h8-16,26-28,30-33,35,47-48,52H,17-19H2,1-7H3,(H,43,44)/t26?,27?,28?,30?,31?,32?,33?,35?,39-,40?,41?/m1/s1. The number of fused-ring (bicyclic) bond motifs is 5. The number of hydrogen-bond acceptors (Lipinski definition) is 15. The first-order valence-electron chi connectivity index (χ1n) is 18.7. The lowest BCUT2D eigenvalue weighted by atomic mass is 9.44. The highest BCUT2D eigenvalue weighted by atomic mass is 16.6. The van der Waals surface area contributed by atoms with Crippen molar-refractivity contribution in [2.75, 3.05) is 6.61 Å². The smallest absolute Gasteiger partial charge is 0.338 e. The number of carbonyl (C=O) groups is 6. The number of amides is 1. The van der Waals surface area contributed by atoms with E-state index in [-0.39, 0.29) is 29.7 Å². The molecule has 16 nitrogen and oxygen atoms in total. The maximum Gasteiger partial charge on any atom is 0.338 e. The van der Waals surface area contributed by atoms with Gasteiger partial charge in [-0.1, -0.05) is 32.0 Å². The number of carbonyl (C=O) groups excluding carboxylic acids is 6. The summed E-state index contributed by atoms with van der Waals surface area (Å²) in [6.45, 7) is 9.13. The normalized spacial score (nSPS) is 33.7. The zero-order valence-electron chi connectivity index (χ0n) is 32.7. The number of aliphatic hydroxyl groups is 3. The van der Waals surface area contributed by atoms with Crippen molar-refractivity contribution in [2.24, 2.45) is 16.7 Å². The largest absolute Gasteiger partial charge is 0.456 e. The molecule has 3 fully saturated rings. The lowest BCUT2D eigenvalue weighted by molar-refractivity contribution is -0.346. The number of ether oxygens (including phenoxy) is 5. The van der Waals surface area contributed by atoms with Gasteiger partial charge in [-0.15, -0.1) is 0 Å². The summed E-state index contributed by atoms with van der Waals surface area (Å²) in [5.41, 5.74) is -7.27. The van der Waals surface area contributed by atoms with Crippen LogP contribution in [0.3, 0.4) is 0 Å². The van der Waals surface area contributed by atoms with Crippen LogP contribution in [0, 0.1) is 16.7 Å². The number of esters is 4. The predicted molar refractivity (Wildman–Crippen MR) is 195 cm³/mol. The second-order valence-electron chi connectivity index (χ2n) is 16.1. The number of aliphatic hydroxyl groups excluding tert-OH is 2. The zero-order chi connectivity index (χ0) is 41.8. The van der Waals surface area contributed by atoms with Crippen molar-refractivity contribution in [3.05, 3.63) is 77.1 Å². The van der Waals surface area contributed by atoms with Crippen LogP contribution in [0.25, 0.3) is 0 Å². The molecular formula is C41H48N2O14. The molecule has 3 aliphatic carbocycles. The van der Waals surface area contributed by atoms with E-state index in [1.54, 1.807) is 32.0 Å². The molecule has 4 N–H and O–H groups in total. The van der Waals surface area contributed by atoms with Crippen LogP contribution in [0.15, 0.2) is 66.0 Å². The Morgan fingerprint density at radius 3 is 2.16 bits per heavy atom. The minimum atomic E-state index is -2.38.